The highest BCUT2D eigenvalue weighted by molar-refractivity contribution is 7.89. The lowest BCUT2D eigenvalue weighted by Gasteiger charge is -2.27. The first-order valence-corrected chi connectivity index (χ1v) is 11.4. The number of sulfonamides is 1. The van der Waals surface area contributed by atoms with Crippen LogP contribution in [0.25, 0.3) is 0 Å². The van der Waals surface area contributed by atoms with Gasteiger partial charge in [0, 0.05) is 12.8 Å². The lowest BCUT2D eigenvalue weighted by atomic mass is 9.98. The molecule has 1 heterocycles. The Kier molecular flexibility index (Phi) is 5.99. The largest absolute Gasteiger partial charge is 0.509 e. The van der Waals surface area contributed by atoms with Gasteiger partial charge < -0.3 is 14.2 Å². The van der Waals surface area contributed by atoms with E-state index in [1.165, 1.54) is 41.9 Å². The van der Waals surface area contributed by atoms with E-state index in [1.54, 1.807) is 6.07 Å². The van der Waals surface area contributed by atoms with Crippen LogP contribution in [0.1, 0.15) is 24.0 Å². The van der Waals surface area contributed by atoms with Crippen molar-refractivity contribution in [2.24, 2.45) is 0 Å². The van der Waals surface area contributed by atoms with Gasteiger partial charge in [0.05, 0.1) is 4.90 Å². The van der Waals surface area contributed by atoms with Crippen LogP contribution in [-0.4, -0.2) is 43.4 Å². The van der Waals surface area contributed by atoms with E-state index in [0.717, 1.165) is 5.56 Å². The molecule has 12 heteroatoms. The van der Waals surface area contributed by atoms with E-state index in [9.17, 15) is 22.4 Å². The molecule has 2 aromatic rings. The minimum absolute atomic E-state index is 0.0925. The number of nitrogens with one attached hydrogen (secondary N) is 2. The van der Waals surface area contributed by atoms with Gasteiger partial charge in [0.25, 0.3) is 5.91 Å². The highest BCUT2D eigenvalue weighted by atomic mass is 32.2. The summed E-state index contributed by atoms with van der Waals surface area (Å²) >= 11 is 0. The van der Waals surface area contributed by atoms with Gasteiger partial charge in [-0.15, -0.1) is 0 Å². The van der Waals surface area contributed by atoms with Crippen molar-refractivity contribution in [3.63, 3.8) is 0 Å². The number of aryl methyl sites for hydroxylation is 1. The number of hydrogen-bond acceptors (Lipinski definition) is 8. The first-order valence-electron chi connectivity index (χ1n) is 9.95. The van der Waals surface area contributed by atoms with Gasteiger partial charge in [-0.25, -0.2) is 23.1 Å². The Morgan fingerprint density at radius 3 is 2.42 bits per heavy atom. The molecule has 2 aliphatic rings. The van der Waals surface area contributed by atoms with Gasteiger partial charge in [-0.1, -0.05) is 6.07 Å². The standard InChI is InChI=1S/C21H21FN2O8S/c1-12-2-3-14(22)8-13(12)11-30-15-4-6-16(7-5-15)33(28,29)24-21(19(25)23-27)9-17-18(10-21)32-20(26)31-17/h2-8,17-18,24,27H,9-11H2,1H3,(H,23,25). The maximum absolute atomic E-state index is 13.4. The zero-order valence-electron chi connectivity index (χ0n) is 17.4. The van der Waals surface area contributed by atoms with Crippen LogP contribution >= 0.6 is 0 Å². The van der Waals surface area contributed by atoms with Crippen molar-refractivity contribution < 1.29 is 41.8 Å². The summed E-state index contributed by atoms with van der Waals surface area (Å²) in [6.45, 7) is 1.91. The van der Waals surface area contributed by atoms with E-state index in [2.05, 4.69) is 4.72 Å². The Morgan fingerprint density at radius 1 is 1.18 bits per heavy atom. The van der Waals surface area contributed by atoms with E-state index in [0.29, 0.717) is 11.3 Å². The zero-order chi connectivity index (χ0) is 23.8. The maximum atomic E-state index is 13.4. The molecule has 3 N–H and O–H groups in total. The normalized spacial score (nSPS) is 24.0. The number of amides is 1. The lowest BCUT2D eigenvalue weighted by molar-refractivity contribution is -0.136. The third-order valence-electron chi connectivity index (χ3n) is 5.71. The number of fused-ring (bicyclic) bond motifs is 1. The number of hydrogen-bond donors (Lipinski definition) is 3. The topological polar surface area (TPSA) is 140 Å². The van der Waals surface area contributed by atoms with Crippen molar-refractivity contribution in [1.82, 2.24) is 10.2 Å². The van der Waals surface area contributed by atoms with Crippen molar-refractivity contribution in [2.45, 2.75) is 49.0 Å². The van der Waals surface area contributed by atoms with Crippen molar-refractivity contribution >= 4 is 22.1 Å². The molecule has 1 aliphatic heterocycles. The molecule has 4 rings (SSSR count). The molecule has 1 saturated heterocycles. The average molecular weight is 480 g/mol. The molecule has 2 aromatic carbocycles. The van der Waals surface area contributed by atoms with E-state index >= 15 is 0 Å². The van der Waals surface area contributed by atoms with Crippen LogP contribution in [0.2, 0.25) is 0 Å². The van der Waals surface area contributed by atoms with Gasteiger partial charge in [0.1, 0.15) is 35.9 Å². The molecule has 0 bridgehead atoms. The Morgan fingerprint density at radius 2 is 1.82 bits per heavy atom. The van der Waals surface area contributed by atoms with Crippen LogP contribution in [0.3, 0.4) is 0 Å². The van der Waals surface area contributed by atoms with Crippen LogP contribution in [0.15, 0.2) is 47.4 Å². The third-order valence-corrected chi connectivity index (χ3v) is 7.27. The summed E-state index contributed by atoms with van der Waals surface area (Å²) in [5.74, 6) is -1.02. The lowest BCUT2D eigenvalue weighted by Crippen LogP contribution is -2.57. The number of ether oxygens (including phenoxy) is 3. The Labute approximate surface area is 188 Å². The van der Waals surface area contributed by atoms with Gasteiger partial charge in [0.2, 0.25) is 10.0 Å². The summed E-state index contributed by atoms with van der Waals surface area (Å²) in [6, 6.07) is 9.77. The summed E-state index contributed by atoms with van der Waals surface area (Å²) in [5, 5.41) is 9.15. The van der Waals surface area contributed by atoms with E-state index in [-0.39, 0.29) is 30.2 Å². The highest BCUT2D eigenvalue weighted by Crippen LogP contribution is 2.39. The molecule has 1 aliphatic carbocycles. The number of benzene rings is 2. The SMILES string of the molecule is Cc1ccc(F)cc1COc1ccc(S(=O)(=O)NC2(C(=O)NO)CC3OC(=O)OC3C2)cc1. The summed E-state index contributed by atoms with van der Waals surface area (Å²) in [7, 11) is -4.22. The van der Waals surface area contributed by atoms with Crippen LogP contribution in [0, 0.1) is 12.7 Å². The molecule has 33 heavy (non-hydrogen) atoms. The molecule has 176 valence electrons. The number of halogens is 1. The van der Waals surface area contributed by atoms with Crippen LogP contribution in [0.4, 0.5) is 9.18 Å². The fourth-order valence-corrected chi connectivity index (χ4v) is 5.34. The quantitative estimate of drug-likeness (QED) is 0.310. The first-order chi connectivity index (χ1) is 15.6. The molecule has 2 atom stereocenters. The smallest absolute Gasteiger partial charge is 0.489 e. The predicted octanol–water partition coefficient (Wildman–Crippen LogP) is 1.93. The van der Waals surface area contributed by atoms with Crippen LogP contribution in [-0.2, 0) is 30.9 Å². The van der Waals surface area contributed by atoms with Crippen molar-refractivity contribution in [1.29, 1.82) is 0 Å². The molecular formula is C21H21FN2O8S. The Balaban J connectivity index is 1.48. The second-order valence-electron chi connectivity index (χ2n) is 7.93. The fourth-order valence-electron chi connectivity index (χ4n) is 3.95. The first kappa shape index (κ1) is 23.0. The number of carbonyl (C=O) groups excluding carboxylic acids is 2. The molecule has 0 aromatic heterocycles. The van der Waals surface area contributed by atoms with E-state index in [4.69, 9.17) is 19.4 Å². The summed E-state index contributed by atoms with van der Waals surface area (Å²) in [5.41, 5.74) is 1.20. The third kappa shape index (κ3) is 4.63. The van der Waals surface area contributed by atoms with Crippen molar-refractivity contribution in [3.8, 4) is 5.75 Å². The predicted molar refractivity (Wildman–Crippen MR) is 109 cm³/mol. The van der Waals surface area contributed by atoms with Crippen molar-refractivity contribution in [3.05, 3.63) is 59.4 Å². The Bertz CT molecular complexity index is 1170. The summed E-state index contributed by atoms with van der Waals surface area (Å²) < 4.78 is 57.2. The summed E-state index contributed by atoms with van der Waals surface area (Å²) in [4.78, 5) is 23.5. The number of hydroxylamine groups is 1. The molecule has 2 fully saturated rings. The monoisotopic (exact) mass is 480 g/mol. The molecular weight excluding hydrogens is 459 g/mol. The molecule has 0 radical (unpaired) electrons. The molecule has 10 nitrogen and oxygen atoms in total. The summed E-state index contributed by atoms with van der Waals surface area (Å²) in [6.07, 6.45) is -2.94. The molecule has 2 unspecified atom stereocenters. The van der Waals surface area contributed by atoms with Crippen LogP contribution < -0.4 is 14.9 Å². The van der Waals surface area contributed by atoms with Gasteiger partial charge in [0.15, 0.2) is 0 Å². The van der Waals surface area contributed by atoms with Crippen LogP contribution in [0.5, 0.6) is 5.75 Å². The van der Waals surface area contributed by atoms with Gasteiger partial charge >= 0.3 is 6.16 Å². The number of carbonyl (C=O) groups is 2. The fraction of sp³-hybridized carbons (Fsp3) is 0.333. The van der Waals surface area contributed by atoms with Gasteiger partial charge in [-0.2, -0.15) is 4.72 Å². The molecule has 0 spiro atoms. The average Bonchev–Trinajstić information content (AvgIpc) is 3.28. The zero-order valence-corrected chi connectivity index (χ0v) is 18.2. The van der Waals surface area contributed by atoms with Gasteiger partial charge in [-0.05, 0) is 54.4 Å². The Hall–Kier alpha value is -3.22. The minimum Gasteiger partial charge on any atom is -0.489 e. The molecule has 1 saturated carbocycles. The molecule has 1 amide bonds. The second-order valence-corrected chi connectivity index (χ2v) is 9.61. The minimum atomic E-state index is -4.22. The van der Waals surface area contributed by atoms with Crippen molar-refractivity contribution in [2.75, 3.05) is 0 Å². The maximum Gasteiger partial charge on any atom is 0.509 e. The second kappa shape index (κ2) is 8.61. The highest BCUT2D eigenvalue weighted by Gasteiger charge is 2.58. The van der Waals surface area contributed by atoms with E-state index < -0.39 is 39.8 Å². The number of rotatable bonds is 7. The van der Waals surface area contributed by atoms with E-state index in [1.807, 2.05) is 6.92 Å². The van der Waals surface area contributed by atoms with Gasteiger partial charge in [-0.3, -0.25) is 10.0 Å².